The van der Waals surface area contributed by atoms with Crippen LogP contribution in [0.2, 0.25) is 0 Å². The topological polar surface area (TPSA) is 105 Å². The van der Waals surface area contributed by atoms with E-state index in [4.69, 9.17) is 5.11 Å². The number of aryl methyl sites for hydroxylation is 2. The SMILES string of the molecule is COC(=O)CCc1ccc(NC(=O)Nc2cccc(CCC(=O)O)c2)cc1. The number of aliphatic carboxylic acids is 1. The van der Waals surface area contributed by atoms with Crippen molar-refractivity contribution in [1.29, 1.82) is 0 Å². The standard InChI is InChI=1S/C20H22N2O5/c1-27-19(25)12-8-14-5-9-16(10-6-14)21-20(26)22-17-4-2-3-15(13-17)7-11-18(23)24/h2-6,9-10,13H,7-8,11-12H2,1H3,(H,23,24)(H2,21,22,26). The molecule has 0 spiro atoms. The van der Waals surface area contributed by atoms with Crippen LogP contribution in [-0.2, 0) is 27.2 Å². The van der Waals surface area contributed by atoms with E-state index in [9.17, 15) is 14.4 Å². The maximum atomic E-state index is 12.1. The summed E-state index contributed by atoms with van der Waals surface area (Å²) in [6, 6.07) is 13.9. The van der Waals surface area contributed by atoms with Gasteiger partial charge in [0.2, 0.25) is 0 Å². The van der Waals surface area contributed by atoms with E-state index >= 15 is 0 Å². The van der Waals surface area contributed by atoms with Gasteiger partial charge in [-0.25, -0.2) is 4.79 Å². The highest BCUT2D eigenvalue weighted by Crippen LogP contribution is 2.15. The third kappa shape index (κ3) is 7.19. The van der Waals surface area contributed by atoms with E-state index in [1.165, 1.54) is 7.11 Å². The first-order valence-electron chi connectivity index (χ1n) is 8.51. The Morgan fingerprint density at radius 1 is 0.889 bits per heavy atom. The number of ether oxygens (including phenoxy) is 1. The van der Waals surface area contributed by atoms with Gasteiger partial charge in [0.1, 0.15) is 0 Å². The molecule has 0 unspecified atom stereocenters. The highest BCUT2D eigenvalue weighted by molar-refractivity contribution is 5.99. The number of carboxylic acid groups (broad SMARTS) is 1. The van der Waals surface area contributed by atoms with Crippen LogP contribution >= 0.6 is 0 Å². The summed E-state index contributed by atoms with van der Waals surface area (Å²) in [5.74, 6) is -1.12. The van der Waals surface area contributed by atoms with Gasteiger partial charge in [-0.1, -0.05) is 24.3 Å². The van der Waals surface area contributed by atoms with Gasteiger partial charge in [-0.15, -0.1) is 0 Å². The van der Waals surface area contributed by atoms with Gasteiger partial charge >= 0.3 is 18.0 Å². The molecule has 0 radical (unpaired) electrons. The number of hydrogen-bond acceptors (Lipinski definition) is 4. The lowest BCUT2D eigenvalue weighted by molar-refractivity contribution is -0.140. The molecular formula is C20H22N2O5. The monoisotopic (exact) mass is 370 g/mol. The lowest BCUT2D eigenvalue weighted by Gasteiger charge is -2.09. The molecule has 7 heteroatoms. The number of esters is 1. The fourth-order valence-electron chi connectivity index (χ4n) is 2.45. The minimum Gasteiger partial charge on any atom is -0.481 e. The molecule has 142 valence electrons. The molecule has 0 aliphatic carbocycles. The Labute approximate surface area is 157 Å². The summed E-state index contributed by atoms with van der Waals surface area (Å²) in [6.45, 7) is 0. The van der Waals surface area contributed by atoms with Gasteiger partial charge in [0, 0.05) is 24.2 Å². The summed E-state index contributed by atoms with van der Waals surface area (Å²) in [6.07, 6.45) is 1.32. The van der Waals surface area contributed by atoms with Crippen molar-refractivity contribution in [2.24, 2.45) is 0 Å². The summed E-state index contributed by atoms with van der Waals surface area (Å²) >= 11 is 0. The van der Waals surface area contributed by atoms with Crippen LogP contribution in [-0.4, -0.2) is 30.2 Å². The third-order valence-electron chi connectivity index (χ3n) is 3.87. The molecule has 0 aromatic heterocycles. The normalized spacial score (nSPS) is 10.1. The first-order valence-corrected chi connectivity index (χ1v) is 8.51. The molecule has 0 aliphatic rings. The Balaban J connectivity index is 1.87. The van der Waals surface area contributed by atoms with Crippen LogP contribution in [0.1, 0.15) is 24.0 Å². The number of hydrogen-bond donors (Lipinski definition) is 3. The van der Waals surface area contributed by atoms with Crippen molar-refractivity contribution in [1.82, 2.24) is 0 Å². The van der Waals surface area contributed by atoms with E-state index in [0.717, 1.165) is 11.1 Å². The molecule has 27 heavy (non-hydrogen) atoms. The van der Waals surface area contributed by atoms with Crippen molar-refractivity contribution >= 4 is 29.3 Å². The fourth-order valence-corrected chi connectivity index (χ4v) is 2.45. The Hall–Kier alpha value is -3.35. The third-order valence-corrected chi connectivity index (χ3v) is 3.87. The Morgan fingerprint density at radius 2 is 1.56 bits per heavy atom. The van der Waals surface area contributed by atoms with Crippen LogP contribution in [0.15, 0.2) is 48.5 Å². The van der Waals surface area contributed by atoms with Gasteiger partial charge in [-0.2, -0.15) is 0 Å². The van der Waals surface area contributed by atoms with Crippen molar-refractivity contribution in [3.63, 3.8) is 0 Å². The zero-order valence-corrected chi connectivity index (χ0v) is 15.0. The second kappa shape index (κ2) is 9.96. The molecule has 3 N–H and O–H groups in total. The summed E-state index contributed by atoms with van der Waals surface area (Å²) in [7, 11) is 1.36. The average molecular weight is 370 g/mol. The second-order valence-corrected chi connectivity index (χ2v) is 5.95. The van der Waals surface area contributed by atoms with Gasteiger partial charge < -0.3 is 20.5 Å². The minimum atomic E-state index is -0.860. The smallest absolute Gasteiger partial charge is 0.323 e. The summed E-state index contributed by atoms with van der Waals surface area (Å²) < 4.78 is 4.61. The van der Waals surface area contributed by atoms with Gasteiger partial charge in [-0.05, 0) is 48.2 Å². The number of urea groups is 1. The molecule has 0 saturated carbocycles. The highest BCUT2D eigenvalue weighted by atomic mass is 16.5. The van der Waals surface area contributed by atoms with Crippen molar-refractivity contribution in [3.8, 4) is 0 Å². The fraction of sp³-hybridized carbons (Fsp3) is 0.250. The largest absolute Gasteiger partial charge is 0.481 e. The molecule has 0 aliphatic heterocycles. The van der Waals surface area contributed by atoms with E-state index in [-0.39, 0.29) is 12.4 Å². The van der Waals surface area contributed by atoms with E-state index in [1.807, 2.05) is 18.2 Å². The predicted octanol–water partition coefficient (Wildman–Crippen LogP) is 3.45. The van der Waals surface area contributed by atoms with Crippen LogP contribution in [0.3, 0.4) is 0 Å². The summed E-state index contributed by atoms with van der Waals surface area (Å²) in [4.78, 5) is 33.9. The van der Waals surface area contributed by atoms with Crippen molar-refractivity contribution in [2.75, 3.05) is 17.7 Å². The van der Waals surface area contributed by atoms with Gasteiger partial charge in [0.05, 0.1) is 7.11 Å². The first kappa shape index (κ1) is 20.0. The van der Waals surface area contributed by atoms with Crippen LogP contribution < -0.4 is 10.6 Å². The minimum absolute atomic E-state index is 0.0397. The number of methoxy groups -OCH3 is 1. The van der Waals surface area contributed by atoms with Gasteiger partial charge in [-0.3, -0.25) is 9.59 Å². The number of nitrogens with one attached hydrogen (secondary N) is 2. The number of carbonyl (C=O) groups is 3. The van der Waals surface area contributed by atoms with Crippen molar-refractivity contribution in [2.45, 2.75) is 25.7 Å². The Morgan fingerprint density at radius 3 is 2.22 bits per heavy atom. The number of benzene rings is 2. The van der Waals surface area contributed by atoms with E-state index in [0.29, 0.717) is 30.6 Å². The molecule has 0 saturated heterocycles. The number of rotatable bonds is 8. The Bertz CT molecular complexity index is 802. The quantitative estimate of drug-likeness (QED) is 0.617. The van der Waals surface area contributed by atoms with Crippen molar-refractivity contribution in [3.05, 3.63) is 59.7 Å². The van der Waals surface area contributed by atoms with E-state index in [2.05, 4.69) is 15.4 Å². The van der Waals surface area contributed by atoms with Gasteiger partial charge in [0.25, 0.3) is 0 Å². The molecule has 7 nitrogen and oxygen atoms in total. The lowest BCUT2D eigenvalue weighted by atomic mass is 10.1. The molecule has 2 aromatic carbocycles. The molecule has 2 rings (SSSR count). The van der Waals surface area contributed by atoms with Crippen LogP contribution in [0, 0.1) is 0 Å². The molecule has 2 aromatic rings. The summed E-state index contributed by atoms with van der Waals surface area (Å²) in [5, 5.41) is 14.2. The number of carboxylic acids is 1. The zero-order valence-electron chi connectivity index (χ0n) is 15.0. The lowest BCUT2D eigenvalue weighted by Crippen LogP contribution is -2.19. The maximum Gasteiger partial charge on any atom is 0.323 e. The maximum absolute atomic E-state index is 12.1. The van der Waals surface area contributed by atoms with E-state index < -0.39 is 12.0 Å². The average Bonchev–Trinajstić information content (AvgIpc) is 2.65. The first-order chi connectivity index (χ1) is 13.0. The molecular weight excluding hydrogens is 348 g/mol. The van der Waals surface area contributed by atoms with Crippen LogP contribution in [0.5, 0.6) is 0 Å². The van der Waals surface area contributed by atoms with Crippen molar-refractivity contribution < 1.29 is 24.2 Å². The number of amides is 2. The molecule has 0 bridgehead atoms. The molecule has 2 amide bonds. The molecule has 0 atom stereocenters. The highest BCUT2D eigenvalue weighted by Gasteiger charge is 2.06. The van der Waals surface area contributed by atoms with Gasteiger partial charge in [0.15, 0.2) is 0 Å². The number of anilines is 2. The second-order valence-electron chi connectivity index (χ2n) is 5.95. The predicted molar refractivity (Wildman–Crippen MR) is 102 cm³/mol. The molecule has 0 fully saturated rings. The number of carbonyl (C=O) groups excluding carboxylic acids is 2. The Kier molecular flexibility index (Phi) is 7.37. The zero-order chi connectivity index (χ0) is 19.6. The molecule has 0 heterocycles. The summed E-state index contributed by atoms with van der Waals surface area (Å²) in [5.41, 5.74) is 3.02. The van der Waals surface area contributed by atoms with Crippen LogP contribution in [0.4, 0.5) is 16.2 Å². The van der Waals surface area contributed by atoms with Crippen LogP contribution in [0.25, 0.3) is 0 Å². The van der Waals surface area contributed by atoms with E-state index in [1.54, 1.807) is 30.3 Å².